The van der Waals surface area contributed by atoms with Crippen LogP contribution in [0.4, 0.5) is 11.4 Å². The fourth-order valence-corrected chi connectivity index (χ4v) is 2.30. The molecule has 0 fully saturated rings. The number of aliphatic hydroxyl groups excluding tert-OH is 1. The number of aliphatic hydroxyl groups is 1. The molecule has 24 heavy (non-hydrogen) atoms. The van der Waals surface area contributed by atoms with Crippen molar-refractivity contribution in [2.75, 3.05) is 12.4 Å². The number of amides is 1. The second kappa shape index (κ2) is 12.0. The first-order valence-corrected chi connectivity index (χ1v) is 7.94. The molecule has 2 N–H and O–H groups in total. The Kier molecular flexibility index (Phi) is 10.8. The Morgan fingerprint density at radius 3 is 2.04 bits per heavy atom. The standard InChI is InChI=1S/C17H18N2O.C2H6.CH4O/c1-12-8-14(4-6-16(12)18-3)10-15-5-7-17(19-11-20)13(2)9-15;2*1-2/h4-9,11H,3,10H2,1-2H3,(H,19,20);1-2H3;2H,1H3. The normalized spacial score (nSPS) is 8.92. The van der Waals surface area contributed by atoms with Gasteiger partial charge in [-0.2, -0.15) is 0 Å². The molecule has 0 aliphatic heterocycles. The molecule has 0 aliphatic carbocycles. The minimum atomic E-state index is 0.701. The van der Waals surface area contributed by atoms with Crippen molar-refractivity contribution in [1.82, 2.24) is 0 Å². The number of carbonyl (C=O) groups is 1. The van der Waals surface area contributed by atoms with E-state index in [1.54, 1.807) is 0 Å². The zero-order chi connectivity index (χ0) is 18.5. The third kappa shape index (κ3) is 6.34. The molecule has 0 radical (unpaired) electrons. The molecule has 2 aromatic rings. The maximum atomic E-state index is 10.5. The van der Waals surface area contributed by atoms with Crippen molar-refractivity contribution in [3.8, 4) is 0 Å². The molecule has 2 aromatic carbocycles. The summed E-state index contributed by atoms with van der Waals surface area (Å²) in [6.45, 7) is 11.6. The maximum Gasteiger partial charge on any atom is 0.211 e. The van der Waals surface area contributed by atoms with Crippen molar-refractivity contribution in [2.45, 2.75) is 34.1 Å². The Morgan fingerprint density at radius 2 is 1.58 bits per heavy atom. The van der Waals surface area contributed by atoms with Gasteiger partial charge in [0.25, 0.3) is 0 Å². The molecule has 0 atom stereocenters. The highest BCUT2D eigenvalue weighted by molar-refractivity contribution is 5.73. The number of anilines is 1. The number of hydrogen-bond acceptors (Lipinski definition) is 3. The molecule has 130 valence electrons. The van der Waals surface area contributed by atoms with E-state index in [-0.39, 0.29) is 0 Å². The van der Waals surface area contributed by atoms with E-state index >= 15 is 0 Å². The van der Waals surface area contributed by atoms with Gasteiger partial charge in [-0.3, -0.25) is 9.79 Å². The summed E-state index contributed by atoms with van der Waals surface area (Å²) >= 11 is 0. The van der Waals surface area contributed by atoms with Crippen molar-refractivity contribution >= 4 is 24.5 Å². The van der Waals surface area contributed by atoms with Crippen LogP contribution in [-0.4, -0.2) is 25.3 Å². The van der Waals surface area contributed by atoms with Crippen LogP contribution in [0, 0.1) is 13.8 Å². The molecule has 0 aromatic heterocycles. The molecule has 0 unspecified atom stereocenters. The van der Waals surface area contributed by atoms with Crippen LogP contribution < -0.4 is 5.32 Å². The van der Waals surface area contributed by atoms with Crippen molar-refractivity contribution in [3.05, 3.63) is 58.7 Å². The van der Waals surface area contributed by atoms with E-state index in [4.69, 9.17) is 5.11 Å². The fraction of sp³-hybridized carbons (Fsp3) is 0.300. The quantitative estimate of drug-likeness (QED) is 0.630. The van der Waals surface area contributed by atoms with Crippen molar-refractivity contribution in [2.24, 2.45) is 4.99 Å². The minimum absolute atomic E-state index is 0.701. The van der Waals surface area contributed by atoms with Crippen molar-refractivity contribution in [1.29, 1.82) is 0 Å². The Bertz CT molecular complexity index is 652. The van der Waals surface area contributed by atoms with Gasteiger partial charge in [-0.15, -0.1) is 0 Å². The Morgan fingerprint density at radius 1 is 1.04 bits per heavy atom. The molecular weight excluding hydrogens is 300 g/mol. The number of aryl methyl sites for hydroxylation is 2. The van der Waals surface area contributed by atoms with Crippen LogP contribution in [0.2, 0.25) is 0 Å². The molecule has 4 nitrogen and oxygen atoms in total. The number of carbonyl (C=O) groups excluding carboxylic acids is 1. The number of rotatable bonds is 5. The molecule has 0 saturated carbocycles. The van der Waals surface area contributed by atoms with Crippen LogP contribution in [-0.2, 0) is 11.2 Å². The summed E-state index contributed by atoms with van der Waals surface area (Å²) < 4.78 is 0. The lowest BCUT2D eigenvalue weighted by molar-refractivity contribution is -0.105. The van der Waals surface area contributed by atoms with E-state index in [0.717, 1.165) is 36.0 Å². The second-order valence-electron chi connectivity index (χ2n) is 4.87. The zero-order valence-electron chi connectivity index (χ0n) is 15.3. The van der Waals surface area contributed by atoms with Gasteiger partial charge >= 0.3 is 0 Å². The summed E-state index contributed by atoms with van der Waals surface area (Å²) in [6.07, 6.45) is 1.56. The van der Waals surface area contributed by atoms with E-state index in [2.05, 4.69) is 35.2 Å². The van der Waals surface area contributed by atoms with E-state index in [9.17, 15) is 4.79 Å². The van der Waals surface area contributed by atoms with Crippen LogP contribution in [0.3, 0.4) is 0 Å². The molecular formula is C20H28N2O2. The van der Waals surface area contributed by atoms with Gasteiger partial charge in [-0.25, -0.2) is 0 Å². The highest BCUT2D eigenvalue weighted by Crippen LogP contribution is 2.22. The first kappa shape index (κ1) is 21.5. The average Bonchev–Trinajstić information content (AvgIpc) is 2.61. The van der Waals surface area contributed by atoms with E-state index in [1.807, 2.05) is 45.9 Å². The Hall–Kier alpha value is -2.46. The van der Waals surface area contributed by atoms with Gasteiger partial charge in [-0.05, 0) is 61.4 Å². The van der Waals surface area contributed by atoms with Gasteiger partial charge in [0.05, 0.1) is 5.69 Å². The SMILES string of the molecule is C=Nc1ccc(Cc2ccc(NC=O)c(C)c2)cc1C.CC.CO. The maximum absolute atomic E-state index is 10.5. The zero-order valence-corrected chi connectivity index (χ0v) is 15.3. The summed E-state index contributed by atoms with van der Waals surface area (Å²) in [5.41, 5.74) is 6.44. The van der Waals surface area contributed by atoms with Crippen LogP contribution in [0.25, 0.3) is 0 Å². The molecule has 0 heterocycles. The van der Waals surface area contributed by atoms with Crippen LogP contribution in [0.5, 0.6) is 0 Å². The average molecular weight is 328 g/mol. The topological polar surface area (TPSA) is 61.7 Å². The summed E-state index contributed by atoms with van der Waals surface area (Å²) in [7, 11) is 1.00. The second-order valence-corrected chi connectivity index (χ2v) is 4.87. The smallest absolute Gasteiger partial charge is 0.211 e. The monoisotopic (exact) mass is 328 g/mol. The predicted octanol–water partition coefficient (Wildman–Crippen LogP) is 4.43. The molecule has 0 spiro atoms. The summed E-state index contributed by atoms with van der Waals surface area (Å²) in [5, 5.41) is 9.69. The van der Waals surface area contributed by atoms with E-state index in [0.29, 0.717) is 6.41 Å². The first-order chi connectivity index (χ1) is 11.6. The molecule has 1 amide bonds. The first-order valence-electron chi connectivity index (χ1n) is 7.94. The van der Waals surface area contributed by atoms with Gasteiger partial charge in [0, 0.05) is 12.8 Å². The van der Waals surface area contributed by atoms with E-state index < -0.39 is 0 Å². The van der Waals surface area contributed by atoms with Crippen LogP contribution >= 0.6 is 0 Å². The van der Waals surface area contributed by atoms with E-state index in [1.165, 1.54) is 11.1 Å². The van der Waals surface area contributed by atoms with Gasteiger partial charge in [0.15, 0.2) is 0 Å². The van der Waals surface area contributed by atoms with Crippen molar-refractivity contribution < 1.29 is 9.90 Å². The molecule has 0 aliphatic rings. The Balaban J connectivity index is 0.00000123. The number of nitrogens with one attached hydrogen (secondary N) is 1. The molecule has 2 rings (SSSR count). The highest BCUT2D eigenvalue weighted by atomic mass is 16.2. The van der Waals surface area contributed by atoms with Crippen LogP contribution in [0.1, 0.15) is 36.1 Å². The molecule has 0 saturated heterocycles. The number of aliphatic imine (C=N–C) groups is 1. The lowest BCUT2D eigenvalue weighted by atomic mass is 10.0. The summed E-state index contributed by atoms with van der Waals surface area (Å²) in [6, 6.07) is 12.3. The third-order valence-electron chi connectivity index (χ3n) is 3.35. The number of nitrogens with zero attached hydrogens (tertiary/aromatic N) is 1. The lowest BCUT2D eigenvalue weighted by Crippen LogP contribution is -1.97. The van der Waals surface area contributed by atoms with Gasteiger partial charge in [-0.1, -0.05) is 38.1 Å². The predicted molar refractivity (Wildman–Crippen MR) is 104 cm³/mol. The number of benzene rings is 2. The van der Waals surface area contributed by atoms with Gasteiger partial charge in [0.2, 0.25) is 6.41 Å². The summed E-state index contributed by atoms with van der Waals surface area (Å²) in [4.78, 5) is 14.4. The highest BCUT2D eigenvalue weighted by Gasteiger charge is 2.03. The Labute approximate surface area is 145 Å². The largest absolute Gasteiger partial charge is 0.400 e. The fourth-order valence-electron chi connectivity index (χ4n) is 2.30. The van der Waals surface area contributed by atoms with Crippen molar-refractivity contribution in [3.63, 3.8) is 0 Å². The minimum Gasteiger partial charge on any atom is -0.400 e. The summed E-state index contributed by atoms with van der Waals surface area (Å²) in [5.74, 6) is 0. The van der Waals surface area contributed by atoms with Crippen LogP contribution in [0.15, 0.2) is 41.4 Å². The molecule has 4 heteroatoms. The van der Waals surface area contributed by atoms with Gasteiger partial charge in [0.1, 0.15) is 0 Å². The number of hydrogen-bond donors (Lipinski definition) is 2. The third-order valence-corrected chi connectivity index (χ3v) is 3.35. The molecule has 0 bridgehead atoms. The van der Waals surface area contributed by atoms with Gasteiger partial charge < -0.3 is 10.4 Å². The lowest BCUT2D eigenvalue weighted by Gasteiger charge is -2.09.